The first-order valence-corrected chi connectivity index (χ1v) is 12.3. The third kappa shape index (κ3) is 5.36. The van der Waals surface area contributed by atoms with E-state index in [1.54, 1.807) is 13.0 Å². The monoisotopic (exact) mass is 540 g/mol. The number of urea groups is 1. The van der Waals surface area contributed by atoms with Gasteiger partial charge in [-0.2, -0.15) is 18.2 Å². The number of nitrogens with one attached hydrogen (secondary N) is 1. The minimum absolute atomic E-state index is 0.00222. The molecule has 13 heteroatoms. The first-order valence-electron chi connectivity index (χ1n) is 12.3. The molecule has 2 N–H and O–H groups in total. The smallest absolute Gasteiger partial charge is 0.416 e. The number of pyridine rings is 1. The van der Waals surface area contributed by atoms with Crippen molar-refractivity contribution in [3.8, 4) is 17.0 Å². The van der Waals surface area contributed by atoms with Crippen LogP contribution in [0.4, 0.5) is 33.9 Å². The maximum Gasteiger partial charge on any atom is 0.416 e. The van der Waals surface area contributed by atoms with E-state index in [2.05, 4.69) is 10.3 Å². The first-order chi connectivity index (χ1) is 18.1. The number of aryl methyl sites for hydroxylation is 1. The summed E-state index contributed by atoms with van der Waals surface area (Å²) in [6, 6.07) is 4.19. The number of hydrogen-bond acceptors (Lipinski definition) is 7. The van der Waals surface area contributed by atoms with Gasteiger partial charge in [0.25, 0.3) is 0 Å². The number of amides is 2. The number of hydrogen-bond donors (Lipinski definition) is 2. The van der Waals surface area contributed by atoms with Gasteiger partial charge in [-0.05, 0) is 48.2 Å². The van der Waals surface area contributed by atoms with Gasteiger partial charge in [-0.15, -0.1) is 0 Å². The molecule has 0 spiro atoms. The van der Waals surface area contributed by atoms with E-state index < -0.39 is 36.3 Å². The summed E-state index contributed by atoms with van der Waals surface area (Å²) in [6.07, 6.45) is -7.28. The Morgan fingerprint density at radius 1 is 1.24 bits per heavy atom. The van der Waals surface area contributed by atoms with Crippen LogP contribution in [0, 0.1) is 12.7 Å². The van der Waals surface area contributed by atoms with Gasteiger partial charge < -0.3 is 34.4 Å². The maximum absolute atomic E-state index is 14.9. The van der Waals surface area contributed by atoms with Crippen molar-refractivity contribution in [2.45, 2.75) is 37.8 Å². The molecule has 3 saturated heterocycles. The van der Waals surface area contributed by atoms with Crippen molar-refractivity contribution < 1.29 is 41.7 Å². The number of likely N-dealkylation sites (tertiary alicyclic amines) is 1. The van der Waals surface area contributed by atoms with E-state index in [4.69, 9.17) is 14.2 Å². The molecule has 206 valence electrons. The highest BCUT2D eigenvalue weighted by molar-refractivity contribution is 5.91. The summed E-state index contributed by atoms with van der Waals surface area (Å²) in [5.74, 6) is 0.157. The molecule has 3 aliphatic rings. The van der Waals surface area contributed by atoms with Crippen LogP contribution in [-0.2, 0) is 9.47 Å². The lowest BCUT2D eigenvalue weighted by Gasteiger charge is -2.34. The maximum atomic E-state index is 14.9. The third-order valence-electron chi connectivity index (χ3n) is 6.91. The van der Waals surface area contributed by atoms with Gasteiger partial charge in [-0.3, -0.25) is 0 Å². The molecule has 5 rings (SSSR count). The molecule has 2 amide bonds. The number of rotatable bonds is 6. The van der Waals surface area contributed by atoms with Gasteiger partial charge in [0.05, 0.1) is 37.7 Å². The SMILES string of the molecule is Cc1cc(F)c(NC(=O)N2CC3CC2C(C(F)(F)F)O3)cc1-c1cc(OCCO)nc(N2CCOCC2)c1. The van der Waals surface area contributed by atoms with Crippen molar-refractivity contribution in [1.29, 1.82) is 0 Å². The Balaban J connectivity index is 1.43. The van der Waals surface area contributed by atoms with E-state index in [0.717, 1.165) is 4.90 Å². The number of aliphatic hydroxyl groups is 1. The number of morpholine rings is 2. The van der Waals surface area contributed by atoms with E-state index in [0.29, 0.717) is 48.8 Å². The van der Waals surface area contributed by atoms with E-state index in [-0.39, 0.29) is 37.7 Å². The fourth-order valence-corrected chi connectivity index (χ4v) is 5.13. The Labute approximate surface area is 216 Å². The minimum atomic E-state index is -4.60. The van der Waals surface area contributed by atoms with E-state index in [1.807, 2.05) is 11.0 Å². The van der Waals surface area contributed by atoms with Gasteiger partial charge in [-0.25, -0.2) is 9.18 Å². The molecule has 3 fully saturated rings. The number of fused-ring (bicyclic) bond motifs is 2. The summed E-state index contributed by atoms with van der Waals surface area (Å²) < 4.78 is 70.9. The average Bonchev–Trinajstić information content (AvgIpc) is 3.51. The zero-order valence-corrected chi connectivity index (χ0v) is 20.6. The van der Waals surface area contributed by atoms with Crippen molar-refractivity contribution in [2.75, 3.05) is 56.3 Å². The zero-order chi connectivity index (χ0) is 27.0. The molecular formula is C25H28F4N4O5. The summed E-state index contributed by atoms with van der Waals surface area (Å²) >= 11 is 0. The van der Waals surface area contributed by atoms with Gasteiger partial charge in [0.1, 0.15) is 18.2 Å². The van der Waals surface area contributed by atoms with Crippen molar-refractivity contribution in [3.05, 3.63) is 35.6 Å². The third-order valence-corrected chi connectivity index (χ3v) is 6.91. The molecule has 3 aliphatic heterocycles. The van der Waals surface area contributed by atoms with Crippen LogP contribution >= 0.6 is 0 Å². The first kappa shape index (κ1) is 26.4. The molecule has 0 aliphatic carbocycles. The Morgan fingerprint density at radius 2 is 2.00 bits per heavy atom. The van der Waals surface area contributed by atoms with Crippen LogP contribution in [-0.4, -0.2) is 91.5 Å². The molecule has 4 heterocycles. The number of carbonyl (C=O) groups is 1. The largest absolute Gasteiger partial charge is 0.475 e. The lowest BCUT2D eigenvalue weighted by atomic mass is 10.00. The molecule has 2 aromatic rings. The van der Waals surface area contributed by atoms with Crippen LogP contribution in [0.15, 0.2) is 24.3 Å². The van der Waals surface area contributed by atoms with Crippen LogP contribution in [0.5, 0.6) is 5.88 Å². The molecule has 0 saturated carbocycles. The number of aromatic nitrogens is 1. The Morgan fingerprint density at radius 3 is 2.68 bits per heavy atom. The lowest BCUT2D eigenvalue weighted by Crippen LogP contribution is -2.53. The van der Waals surface area contributed by atoms with Crippen LogP contribution in [0.2, 0.25) is 0 Å². The molecule has 3 unspecified atom stereocenters. The molecule has 0 radical (unpaired) electrons. The van der Waals surface area contributed by atoms with Crippen LogP contribution in [0.1, 0.15) is 12.0 Å². The highest BCUT2D eigenvalue weighted by Gasteiger charge is 2.58. The van der Waals surface area contributed by atoms with Gasteiger partial charge in [-0.1, -0.05) is 0 Å². The highest BCUT2D eigenvalue weighted by atomic mass is 19.4. The summed E-state index contributed by atoms with van der Waals surface area (Å²) in [7, 11) is 0. The second-order valence-electron chi connectivity index (χ2n) is 9.48. The summed E-state index contributed by atoms with van der Waals surface area (Å²) in [6.45, 7) is 3.82. The number of benzene rings is 1. The second-order valence-corrected chi connectivity index (χ2v) is 9.48. The van der Waals surface area contributed by atoms with Crippen molar-refractivity contribution >= 4 is 17.5 Å². The van der Waals surface area contributed by atoms with Gasteiger partial charge in [0.2, 0.25) is 5.88 Å². The van der Waals surface area contributed by atoms with Gasteiger partial charge in [0, 0.05) is 25.7 Å². The van der Waals surface area contributed by atoms with Crippen LogP contribution in [0.25, 0.3) is 11.1 Å². The Bertz CT molecular complexity index is 1190. The normalized spacial score (nSPS) is 23.2. The van der Waals surface area contributed by atoms with E-state index >= 15 is 0 Å². The number of anilines is 2. The number of ether oxygens (including phenoxy) is 3. The standard InChI is InChI=1S/C25H28F4N4O5/c1-14-8-18(26)19(30-24(35)33-13-16-11-20(33)23(38-16)25(27,28)29)12-17(14)15-9-21(32-2-5-36-6-3-32)31-22(10-15)37-7-4-34/h8-10,12,16,20,23,34H,2-7,11,13H2,1H3,(H,30,35). The van der Waals surface area contributed by atoms with Gasteiger partial charge >= 0.3 is 12.2 Å². The number of halogens is 4. The van der Waals surface area contributed by atoms with Gasteiger partial charge in [0.15, 0.2) is 6.10 Å². The molecular weight excluding hydrogens is 512 g/mol. The van der Waals surface area contributed by atoms with Crippen LogP contribution in [0.3, 0.4) is 0 Å². The number of carbonyl (C=O) groups excluding carboxylic acids is 1. The Hall–Kier alpha value is -3.16. The van der Waals surface area contributed by atoms with Crippen molar-refractivity contribution in [3.63, 3.8) is 0 Å². The predicted molar refractivity (Wildman–Crippen MR) is 129 cm³/mol. The fourth-order valence-electron chi connectivity index (χ4n) is 5.13. The highest BCUT2D eigenvalue weighted by Crippen LogP contribution is 2.41. The minimum Gasteiger partial charge on any atom is -0.475 e. The zero-order valence-electron chi connectivity index (χ0n) is 20.6. The summed E-state index contributed by atoms with van der Waals surface area (Å²) in [5, 5.41) is 11.6. The van der Waals surface area contributed by atoms with E-state index in [1.165, 1.54) is 12.1 Å². The van der Waals surface area contributed by atoms with E-state index in [9.17, 15) is 27.5 Å². The Kier molecular flexibility index (Phi) is 7.34. The molecule has 38 heavy (non-hydrogen) atoms. The number of aliphatic hydroxyl groups excluding tert-OH is 1. The molecule has 9 nitrogen and oxygen atoms in total. The molecule has 2 bridgehead atoms. The van der Waals surface area contributed by atoms with Crippen LogP contribution < -0.4 is 15.0 Å². The number of nitrogens with zero attached hydrogens (tertiary/aromatic N) is 3. The van der Waals surface area contributed by atoms with Crippen molar-refractivity contribution in [2.24, 2.45) is 0 Å². The number of alkyl halides is 3. The average molecular weight is 541 g/mol. The molecule has 1 aromatic carbocycles. The van der Waals surface area contributed by atoms with Crippen molar-refractivity contribution in [1.82, 2.24) is 9.88 Å². The summed E-state index contributed by atoms with van der Waals surface area (Å²) in [4.78, 5) is 20.6. The second kappa shape index (κ2) is 10.5. The topological polar surface area (TPSA) is 96.4 Å². The quantitative estimate of drug-likeness (QED) is 0.543. The molecule has 1 aromatic heterocycles. The summed E-state index contributed by atoms with van der Waals surface area (Å²) in [5.41, 5.74) is 1.61. The lowest BCUT2D eigenvalue weighted by molar-refractivity contribution is -0.234. The predicted octanol–water partition coefficient (Wildman–Crippen LogP) is 3.34. The fraction of sp³-hybridized carbons (Fsp3) is 0.520. The molecule has 3 atom stereocenters.